The van der Waals surface area contributed by atoms with E-state index in [1.165, 1.54) is 18.2 Å². The molecule has 2 aromatic rings. The van der Waals surface area contributed by atoms with E-state index in [0.717, 1.165) is 0 Å². The van der Waals surface area contributed by atoms with Crippen LogP contribution in [0.3, 0.4) is 0 Å². The van der Waals surface area contributed by atoms with Crippen LogP contribution in [-0.2, 0) is 0 Å². The Labute approximate surface area is 122 Å². The van der Waals surface area contributed by atoms with Gasteiger partial charge in [0.1, 0.15) is 23.2 Å². The molecule has 0 saturated heterocycles. The van der Waals surface area contributed by atoms with Gasteiger partial charge in [-0.1, -0.05) is 11.6 Å². The largest absolute Gasteiger partial charge is 0.456 e. The molecular formula is C13H9BrClFN2O. The van der Waals surface area contributed by atoms with Gasteiger partial charge in [0.25, 0.3) is 0 Å². The molecule has 0 fully saturated rings. The average molecular weight is 344 g/mol. The standard InChI is InChI=1S/C13H9BrClFN2O/c14-10-3-2-8(6-11(10)16)19-12-4-1-7(15)5-9(12)13(17)18/h1-6H,(H3,17,18). The lowest BCUT2D eigenvalue weighted by atomic mass is 10.2. The smallest absolute Gasteiger partial charge is 0.141 e. The molecule has 0 unspecified atom stereocenters. The zero-order chi connectivity index (χ0) is 14.0. The van der Waals surface area contributed by atoms with Crippen LogP contribution in [-0.4, -0.2) is 5.84 Å². The van der Waals surface area contributed by atoms with Crippen molar-refractivity contribution >= 4 is 33.4 Å². The second-order valence-corrected chi connectivity index (χ2v) is 5.02. The molecule has 0 aromatic heterocycles. The van der Waals surface area contributed by atoms with E-state index in [9.17, 15) is 4.39 Å². The Bertz CT molecular complexity index is 649. The fraction of sp³-hybridized carbons (Fsp3) is 0. The fourth-order valence-electron chi connectivity index (χ4n) is 1.47. The highest BCUT2D eigenvalue weighted by Gasteiger charge is 2.10. The van der Waals surface area contributed by atoms with Crippen LogP contribution in [0.5, 0.6) is 11.5 Å². The summed E-state index contributed by atoms with van der Waals surface area (Å²) in [6.45, 7) is 0. The van der Waals surface area contributed by atoms with Gasteiger partial charge in [-0.25, -0.2) is 4.39 Å². The van der Waals surface area contributed by atoms with E-state index in [4.69, 9.17) is 27.5 Å². The van der Waals surface area contributed by atoms with Gasteiger partial charge in [-0.05, 0) is 46.3 Å². The molecule has 6 heteroatoms. The van der Waals surface area contributed by atoms with Crippen LogP contribution in [0, 0.1) is 11.2 Å². The molecule has 98 valence electrons. The molecule has 0 saturated carbocycles. The molecule has 2 rings (SSSR count). The minimum absolute atomic E-state index is 0.171. The topological polar surface area (TPSA) is 59.1 Å². The van der Waals surface area contributed by atoms with Gasteiger partial charge in [0.2, 0.25) is 0 Å². The van der Waals surface area contributed by atoms with E-state index in [1.54, 1.807) is 18.2 Å². The highest BCUT2D eigenvalue weighted by Crippen LogP contribution is 2.29. The van der Waals surface area contributed by atoms with Gasteiger partial charge in [0.05, 0.1) is 10.0 Å². The summed E-state index contributed by atoms with van der Waals surface area (Å²) >= 11 is 8.90. The van der Waals surface area contributed by atoms with Crippen LogP contribution in [0.4, 0.5) is 4.39 Å². The molecule has 0 atom stereocenters. The normalized spacial score (nSPS) is 10.3. The monoisotopic (exact) mass is 342 g/mol. The number of hydrogen-bond acceptors (Lipinski definition) is 2. The van der Waals surface area contributed by atoms with Crippen molar-refractivity contribution in [3.05, 3.63) is 57.3 Å². The maximum absolute atomic E-state index is 13.4. The second-order valence-electron chi connectivity index (χ2n) is 3.73. The molecule has 0 amide bonds. The SMILES string of the molecule is N=C(N)c1cc(Cl)ccc1Oc1ccc(Br)c(F)c1. The summed E-state index contributed by atoms with van der Waals surface area (Å²) in [5.74, 6) is 0.0510. The summed E-state index contributed by atoms with van der Waals surface area (Å²) in [5.41, 5.74) is 5.81. The van der Waals surface area contributed by atoms with Crippen molar-refractivity contribution in [2.45, 2.75) is 0 Å². The second kappa shape index (κ2) is 5.59. The number of nitrogen functional groups attached to an aromatic ring is 1. The number of benzene rings is 2. The summed E-state index contributed by atoms with van der Waals surface area (Å²) in [6.07, 6.45) is 0. The van der Waals surface area contributed by atoms with Gasteiger partial charge in [0.15, 0.2) is 0 Å². The first-order valence-electron chi connectivity index (χ1n) is 5.24. The van der Waals surface area contributed by atoms with Crippen molar-refractivity contribution < 1.29 is 9.13 Å². The average Bonchev–Trinajstić information content (AvgIpc) is 2.36. The number of ether oxygens (including phenoxy) is 1. The van der Waals surface area contributed by atoms with Crippen LogP contribution >= 0.6 is 27.5 Å². The van der Waals surface area contributed by atoms with Crippen molar-refractivity contribution in [2.24, 2.45) is 5.73 Å². The van der Waals surface area contributed by atoms with E-state index < -0.39 is 5.82 Å². The molecule has 0 aliphatic rings. The Morgan fingerprint density at radius 1 is 1.26 bits per heavy atom. The van der Waals surface area contributed by atoms with E-state index in [2.05, 4.69) is 15.9 Å². The Kier molecular flexibility index (Phi) is 4.07. The number of nitrogens with one attached hydrogen (secondary N) is 1. The highest BCUT2D eigenvalue weighted by atomic mass is 79.9. The Morgan fingerprint density at radius 3 is 2.63 bits per heavy atom. The van der Waals surface area contributed by atoms with Crippen LogP contribution < -0.4 is 10.5 Å². The molecule has 0 bridgehead atoms. The van der Waals surface area contributed by atoms with E-state index in [0.29, 0.717) is 26.6 Å². The number of hydrogen-bond donors (Lipinski definition) is 2. The van der Waals surface area contributed by atoms with Crippen molar-refractivity contribution in [1.29, 1.82) is 5.41 Å². The number of nitrogens with two attached hydrogens (primary N) is 1. The minimum atomic E-state index is -0.434. The lowest BCUT2D eigenvalue weighted by molar-refractivity contribution is 0.475. The molecule has 0 aliphatic carbocycles. The third-order valence-electron chi connectivity index (χ3n) is 2.35. The third-order valence-corrected chi connectivity index (χ3v) is 3.23. The predicted octanol–water partition coefficient (Wildman–Crippen LogP) is 4.32. The number of rotatable bonds is 3. The quantitative estimate of drug-likeness (QED) is 0.644. The zero-order valence-electron chi connectivity index (χ0n) is 9.58. The zero-order valence-corrected chi connectivity index (χ0v) is 11.9. The first-order valence-corrected chi connectivity index (χ1v) is 6.41. The maximum Gasteiger partial charge on any atom is 0.141 e. The molecule has 0 spiro atoms. The van der Waals surface area contributed by atoms with Crippen molar-refractivity contribution in [2.75, 3.05) is 0 Å². The van der Waals surface area contributed by atoms with Gasteiger partial charge < -0.3 is 10.5 Å². The summed E-state index contributed by atoms with van der Waals surface area (Å²) in [7, 11) is 0. The summed E-state index contributed by atoms with van der Waals surface area (Å²) in [5, 5.41) is 7.92. The maximum atomic E-state index is 13.4. The van der Waals surface area contributed by atoms with Crippen molar-refractivity contribution in [3.63, 3.8) is 0 Å². The van der Waals surface area contributed by atoms with Gasteiger partial charge in [-0.15, -0.1) is 0 Å². The number of amidine groups is 1. The number of halogens is 3. The first-order chi connectivity index (χ1) is 8.97. The molecule has 3 nitrogen and oxygen atoms in total. The van der Waals surface area contributed by atoms with Crippen LogP contribution in [0.2, 0.25) is 5.02 Å². The molecule has 0 aliphatic heterocycles. The van der Waals surface area contributed by atoms with Crippen LogP contribution in [0.1, 0.15) is 5.56 Å². The van der Waals surface area contributed by atoms with Crippen molar-refractivity contribution in [3.8, 4) is 11.5 Å². The van der Waals surface area contributed by atoms with Gasteiger partial charge in [-0.3, -0.25) is 5.41 Å². The molecule has 2 aromatic carbocycles. The lowest BCUT2D eigenvalue weighted by Crippen LogP contribution is -2.12. The molecule has 0 heterocycles. The van der Waals surface area contributed by atoms with Gasteiger partial charge >= 0.3 is 0 Å². The van der Waals surface area contributed by atoms with Crippen LogP contribution in [0.25, 0.3) is 0 Å². The predicted molar refractivity (Wildman–Crippen MR) is 76.6 cm³/mol. The lowest BCUT2D eigenvalue weighted by Gasteiger charge is -2.11. The molecule has 0 radical (unpaired) electrons. The highest BCUT2D eigenvalue weighted by molar-refractivity contribution is 9.10. The summed E-state index contributed by atoms with van der Waals surface area (Å²) < 4.78 is 19.3. The summed E-state index contributed by atoms with van der Waals surface area (Å²) in [4.78, 5) is 0. The Morgan fingerprint density at radius 2 is 2.00 bits per heavy atom. The fourth-order valence-corrected chi connectivity index (χ4v) is 1.89. The first kappa shape index (κ1) is 13.8. The van der Waals surface area contributed by atoms with Gasteiger partial charge in [0, 0.05) is 11.1 Å². The van der Waals surface area contributed by atoms with E-state index in [-0.39, 0.29) is 5.84 Å². The van der Waals surface area contributed by atoms with Crippen LogP contribution in [0.15, 0.2) is 40.9 Å². The van der Waals surface area contributed by atoms with Gasteiger partial charge in [-0.2, -0.15) is 0 Å². The molecule has 3 N–H and O–H groups in total. The van der Waals surface area contributed by atoms with E-state index >= 15 is 0 Å². The third kappa shape index (κ3) is 3.24. The minimum Gasteiger partial charge on any atom is -0.456 e. The Balaban J connectivity index is 2.37. The summed E-state index contributed by atoms with van der Waals surface area (Å²) in [6, 6.07) is 9.09. The molecular weight excluding hydrogens is 335 g/mol. The van der Waals surface area contributed by atoms with Crippen molar-refractivity contribution in [1.82, 2.24) is 0 Å². The Hall–Kier alpha value is -1.59. The van der Waals surface area contributed by atoms with E-state index in [1.807, 2.05) is 0 Å². The molecule has 19 heavy (non-hydrogen) atoms.